The van der Waals surface area contributed by atoms with E-state index in [2.05, 4.69) is 52.8 Å². The van der Waals surface area contributed by atoms with E-state index in [0.29, 0.717) is 18.6 Å². The van der Waals surface area contributed by atoms with Gasteiger partial charge in [0.1, 0.15) is 17.9 Å². The summed E-state index contributed by atoms with van der Waals surface area (Å²) in [5.41, 5.74) is 5.06. The van der Waals surface area contributed by atoms with Crippen molar-refractivity contribution in [3.63, 3.8) is 0 Å². The van der Waals surface area contributed by atoms with E-state index < -0.39 is 0 Å². The Kier molecular flexibility index (Phi) is 7.66. The molecule has 0 unspecified atom stereocenters. The Hall–Kier alpha value is -2.55. The summed E-state index contributed by atoms with van der Waals surface area (Å²) in [6.45, 7) is 11.0. The van der Waals surface area contributed by atoms with Crippen molar-refractivity contribution in [1.29, 1.82) is 0 Å². The molecule has 0 aliphatic rings. The third-order valence-corrected chi connectivity index (χ3v) is 4.33. The molecule has 2 rings (SSSR count). The molecule has 0 N–H and O–H groups in total. The van der Waals surface area contributed by atoms with Gasteiger partial charge in [-0.3, -0.25) is 0 Å². The Bertz CT molecular complexity index is 918. The molecular formula is C24H30O3. The monoisotopic (exact) mass is 366 g/mol. The quantitative estimate of drug-likeness (QED) is 0.402. The summed E-state index contributed by atoms with van der Waals surface area (Å²) in [5.74, 6) is 0.766. The Balaban J connectivity index is 2.21. The molecule has 0 fully saturated rings. The molecule has 0 radical (unpaired) electrons. The van der Waals surface area contributed by atoms with Crippen LogP contribution in [0.4, 0.5) is 0 Å². The van der Waals surface area contributed by atoms with Gasteiger partial charge in [0.15, 0.2) is 0 Å². The lowest BCUT2D eigenvalue weighted by Crippen LogP contribution is -2.02. The van der Waals surface area contributed by atoms with Crippen LogP contribution in [0.15, 0.2) is 68.4 Å². The van der Waals surface area contributed by atoms with E-state index in [1.165, 1.54) is 22.8 Å². The summed E-state index contributed by atoms with van der Waals surface area (Å²) in [7, 11) is 0. The first-order chi connectivity index (χ1) is 12.9. The lowest BCUT2D eigenvalue weighted by molar-refractivity contribution is 0.358. The summed E-state index contributed by atoms with van der Waals surface area (Å²) >= 11 is 0. The van der Waals surface area contributed by atoms with Crippen molar-refractivity contribution in [1.82, 2.24) is 0 Å². The van der Waals surface area contributed by atoms with Gasteiger partial charge in [-0.05, 0) is 78.2 Å². The zero-order chi connectivity index (χ0) is 19.8. The van der Waals surface area contributed by atoms with E-state index in [4.69, 9.17) is 9.15 Å². The fourth-order valence-corrected chi connectivity index (χ4v) is 2.77. The van der Waals surface area contributed by atoms with E-state index in [0.717, 1.165) is 29.5 Å². The second kappa shape index (κ2) is 9.96. The molecule has 0 aliphatic heterocycles. The molecule has 0 saturated carbocycles. The molecule has 0 aliphatic carbocycles. The number of allylic oxidation sites excluding steroid dienone is 5. The zero-order valence-electron chi connectivity index (χ0n) is 17.1. The van der Waals surface area contributed by atoms with Crippen molar-refractivity contribution in [3.05, 3.63) is 75.2 Å². The summed E-state index contributed by atoms with van der Waals surface area (Å²) in [4.78, 5) is 11.7. The molecular weight excluding hydrogens is 336 g/mol. The number of fused-ring (bicyclic) bond motifs is 1. The van der Waals surface area contributed by atoms with Crippen molar-refractivity contribution < 1.29 is 9.15 Å². The van der Waals surface area contributed by atoms with Crippen LogP contribution < -0.4 is 10.4 Å². The Labute approximate surface area is 162 Å². The van der Waals surface area contributed by atoms with Gasteiger partial charge in [0, 0.05) is 17.0 Å². The van der Waals surface area contributed by atoms with E-state index in [9.17, 15) is 4.79 Å². The lowest BCUT2D eigenvalue weighted by atomic mass is 10.1. The fourth-order valence-electron chi connectivity index (χ4n) is 2.77. The molecule has 1 aromatic carbocycles. The Morgan fingerprint density at radius 1 is 0.963 bits per heavy atom. The number of rotatable bonds is 8. The summed E-state index contributed by atoms with van der Waals surface area (Å²) in [6, 6.07) is 7.14. The minimum absolute atomic E-state index is 0.340. The number of ether oxygens (including phenoxy) is 1. The van der Waals surface area contributed by atoms with Gasteiger partial charge in [-0.15, -0.1) is 0 Å². The Morgan fingerprint density at radius 3 is 2.37 bits per heavy atom. The minimum atomic E-state index is -0.340. The van der Waals surface area contributed by atoms with E-state index in [1.807, 2.05) is 12.1 Å². The summed E-state index contributed by atoms with van der Waals surface area (Å²) < 4.78 is 11.5. The molecule has 0 bridgehead atoms. The number of benzene rings is 1. The van der Waals surface area contributed by atoms with Crippen LogP contribution in [0.25, 0.3) is 11.0 Å². The highest BCUT2D eigenvalue weighted by atomic mass is 16.5. The third-order valence-electron chi connectivity index (χ3n) is 4.33. The van der Waals surface area contributed by atoms with Crippen LogP contribution in [0.3, 0.4) is 0 Å². The van der Waals surface area contributed by atoms with Gasteiger partial charge in [0.25, 0.3) is 0 Å². The van der Waals surface area contributed by atoms with Gasteiger partial charge in [0.05, 0.1) is 0 Å². The third kappa shape index (κ3) is 6.59. The molecule has 0 spiro atoms. The predicted octanol–water partition coefficient (Wildman–Crippen LogP) is 6.37. The molecule has 0 amide bonds. The van der Waals surface area contributed by atoms with E-state index in [-0.39, 0.29) is 5.63 Å². The van der Waals surface area contributed by atoms with Gasteiger partial charge in [-0.1, -0.05) is 28.9 Å². The normalized spacial score (nSPS) is 11.4. The van der Waals surface area contributed by atoms with E-state index in [1.54, 1.807) is 6.07 Å². The molecule has 1 heterocycles. The molecule has 27 heavy (non-hydrogen) atoms. The average Bonchev–Trinajstić information content (AvgIpc) is 2.60. The maximum atomic E-state index is 11.7. The maximum absolute atomic E-state index is 11.7. The average molecular weight is 367 g/mol. The van der Waals surface area contributed by atoms with Crippen molar-refractivity contribution in [2.75, 3.05) is 6.61 Å². The van der Waals surface area contributed by atoms with Crippen LogP contribution in [0.5, 0.6) is 5.75 Å². The SMILES string of the molecule is CC(C)=CCC/C(C)=C/COc1ccc2ccc(=O)oc2c1CC=C(C)C. The van der Waals surface area contributed by atoms with Crippen LogP contribution in [-0.4, -0.2) is 6.61 Å². The molecule has 3 heteroatoms. The molecule has 2 aromatic rings. The van der Waals surface area contributed by atoms with Gasteiger partial charge in [-0.25, -0.2) is 4.79 Å². The molecule has 3 nitrogen and oxygen atoms in total. The first kappa shape index (κ1) is 20.8. The van der Waals surface area contributed by atoms with Gasteiger partial charge >= 0.3 is 5.63 Å². The lowest BCUT2D eigenvalue weighted by Gasteiger charge is -2.12. The van der Waals surface area contributed by atoms with Crippen molar-refractivity contribution >= 4 is 11.0 Å². The van der Waals surface area contributed by atoms with Crippen molar-refractivity contribution in [2.45, 2.75) is 53.9 Å². The highest BCUT2D eigenvalue weighted by Crippen LogP contribution is 2.28. The van der Waals surface area contributed by atoms with Crippen LogP contribution in [0.2, 0.25) is 0 Å². The topological polar surface area (TPSA) is 39.4 Å². The highest BCUT2D eigenvalue weighted by molar-refractivity contribution is 5.82. The van der Waals surface area contributed by atoms with Gasteiger partial charge < -0.3 is 9.15 Å². The minimum Gasteiger partial charge on any atom is -0.489 e. The Morgan fingerprint density at radius 2 is 1.67 bits per heavy atom. The standard InChI is InChI=1S/C24H30O3/c1-17(2)7-6-8-19(5)15-16-26-22-13-10-20-11-14-23(25)27-24(20)21(22)12-9-18(3)4/h7,9-11,13-15H,6,8,12,16H2,1-5H3/b19-15+. The number of hydrogen-bond acceptors (Lipinski definition) is 3. The first-order valence-corrected chi connectivity index (χ1v) is 9.47. The number of hydrogen-bond donors (Lipinski definition) is 0. The van der Waals surface area contributed by atoms with Gasteiger partial charge in [0.2, 0.25) is 0 Å². The molecule has 0 saturated heterocycles. The highest BCUT2D eigenvalue weighted by Gasteiger charge is 2.11. The van der Waals surface area contributed by atoms with Crippen molar-refractivity contribution in [2.24, 2.45) is 0 Å². The second-order valence-electron chi connectivity index (χ2n) is 7.38. The largest absolute Gasteiger partial charge is 0.489 e. The van der Waals surface area contributed by atoms with Crippen LogP contribution in [0, 0.1) is 0 Å². The summed E-state index contributed by atoms with van der Waals surface area (Å²) in [6.07, 6.45) is 9.25. The molecule has 0 atom stereocenters. The summed E-state index contributed by atoms with van der Waals surface area (Å²) in [5, 5.41) is 0.910. The fraction of sp³-hybridized carbons (Fsp3) is 0.375. The second-order valence-corrected chi connectivity index (χ2v) is 7.38. The molecule has 1 aromatic heterocycles. The van der Waals surface area contributed by atoms with Crippen LogP contribution in [-0.2, 0) is 6.42 Å². The van der Waals surface area contributed by atoms with Crippen molar-refractivity contribution in [3.8, 4) is 5.75 Å². The zero-order valence-corrected chi connectivity index (χ0v) is 17.1. The first-order valence-electron chi connectivity index (χ1n) is 9.47. The van der Waals surface area contributed by atoms with Gasteiger partial charge in [-0.2, -0.15) is 0 Å². The van der Waals surface area contributed by atoms with E-state index >= 15 is 0 Å². The van der Waals surface area contributed by atoms with Crippen LogP contribution in [0.1, 0.15) is 53.0 Å². The molecule has 144 valence electrons. The smallest absolute Gasteiger partial charge is 0.336 e. The maximum Gasteiger partial charge on any atom is 0.336 e. The predicted molar refractivity (Wildman–Crippen MR) is 114 cm³/mol. The van der Waals surface area contributed by atoms with Crippen LogP contribution >= 0.6 is 0 Å².